The van der Waals surface area contributed by atoms with Crippen molar-refractivity contribution in [2.45, 2.75) is 31.7 Å². The molecular weight excluding hydrogens is 519 g/mol. The van der Waals surface area contributed by atoms with Gasteiger partial charge >= 0.3 is 0 Å². The molecule has 1 saturated heterocycles. The van der Waals surface area contributed by atoms with Crippen molar-refractivity contribution >= 4 is 45.6 Å². The Bertz CT molecular complexity index is 1360. The van der Waals surface area contributed by atoms with Gasteiger partial charge in [-0.2, -0.15) is 0 Å². The average Bonchev–Trinajstić information content (AvgIpc) is 3.75. The third-order valence-electron chi connectivity index (χ3n) is 7.32. The van der Waals surface area contributed by atoms with Gasteiger partial charge in [0.2, 0.25) is 5.91 Å². The van der Waals surface area contributed by atoms with Gasteiger partial charge in [0.05, 0.1) is 22.8 Å². The summed E-state index contributed by atoms with van der Waals surface area (Å²) in [7, 11) is 4.26. The van der Waals surface area contributed by atoms with Crippen LogP contribution in [0.3, 0.4) is 0 Å². The first-order valence-electron chi connectivity index (χ1n) is 13.4. The van der Waals surface area contributed by atoms with Crippen LogP contribution in [0.1, 0.15) is 25.7 Å². The molecule has 2 aliphatic rings. The number of benzene rings is 2. The lowest BCUT2D eigenvalue weighted by atomic mass is 10.0. The van der Waals surface area contributed by atoms with Crippen LogP contribution in [0, 0.1) is 11.7 Å². The Morgan fingerprint density at radius 3 is 2.74 bits per heavy atom. The average molecular weight is 553 g/mol. The molecule has 0 radical (unpaired) electrons. The highest BCUT2D eigenvalue weighted by atomic mass is 35.5. The number of aromatic nitrogens is 2. The maximum atomic E-state index is 13.6. The normalized spacial score (nSPS) is 16.7. The first-order valence-corrected chi connectivity index (χ1v) is 13.7. The van der Waals surface area contributed by atoms with Crippen LogP contribution in [-0.2, 0) is 4.79 Å². The van der Waals surface area contributed by atoms with E-state index in [9.17, 15) is 9.18 Å². The summed E-state index contributed by atoms with van der Waals surface area (Å²) in [5.74, 6) is 0.878. The zero-order chi connectivity index (χ0) is 27.4. The van der Waals surface area contributed by atoms with Gasteiger partial charge in [-0.1, -0.05) is 17.7 Å². The molecule has 2 N–H and O–H groups in total. The number of hydrogen-bond donors (Lipinski definition) is 2. The van der Waals surface area contributed by atoms with Gasteiger partial charge in [0, 0.05) is 35.8 Å². The molecule has 1 aliphatic carbocycles. The molecule has 1 aliphatic heterocycles. The Kier molecular flexibility index (Phi) is 8.60. The van der Waals surface area contributed by atoms with Gasteiger partial charge in [-0.25, -0.2) is 14.4 Å². The lowest BCUT2D eigenvalue weighted by Gasteiger charge is -2.34. The van der Waals surface area contributed by atoms with Crippen LogP contribution >= 0.6 is 11.6 Å². The third-order valence-corrected chi connectivity index (χ3v) is 7.61. The summed E-state index contributed by atoms with van der Waals surface area (Å²) in [6.07, 6.45) is 9.49. The van der Waals surface area contributed by atoms with Crippen molar-refractivity contribution in [1.82, 2.24) is 19.8 Å². The summed E-state index contributed by atoms with van der Waals surface area (Å²) in [5.41, 5.74) is 1.77. The number of nitrogens with zero attached hydrogens (tertiary/aromatic N) is 4. The predicted molar refractivity (Wildman–Crippen MR) is 153 cm³/mol. The van der Waals surface area contributed by atoms with Crippen molar-refractivity contribution < 1.29 is 13.9 Å². The van der Waals surface area contributed by atoms with E-state index in [1.165, 1.54) is 18.5 Å². The Morgan fingerprint density at radius 2 is 2.00 bits per heavy atom. The molecule has 5 rings (SSSR count). The second-order valence-electron chi connectivity index (χ2n) is 10.5. The Hall–Kier alpha value is -3.27. The number of amides is 1. The van der Waals surface area contributed by atoms with Crippen LogP contribution in [0.4, 0.5) is 21.6 Å². The second kappa shape index (κ2) is 12.3. The number of carbonyl (C=O) groups is 1. The number of halogens is 2. The Morgan fingerprint density at radius 1 is 1.21 bits per heavy atom. The minimum Gasteiger partial charge on any atom is -0.491 e. The van der Waals surface area contributed by atoms with Crippen LogP contribution in [0.15, 0.2) is 48.8 Å². The van der Waals surface area contributed by atoms with Crippen LogP contribution in [-0.4, -0.2) is 72.1 Å². The molecule has 0 spiro atoms. The van der Waals surface area contributed by atoms with Crippen LogP contribution < -0.4 is 15.4 Å². The molecule has 2 aromatic carbocycles. The van der Waals surface area contributed by atoms with Crippen molar-refractivity contribution in [3.63, 3.8) is 0 Å². The number of ether oxygens (including phenoxy) is 1. The largest absolute Gasteiger partial charge is 0.491 e. The SMILES string of the molecule is CN1CCC(N(C)CC=CC(=O)Nc2cc3c(Nc4ccc(F)c(Cl)c4)ncnc3cc2OCC2CC2)CC1. The molecule has 8 nitrogen and oxygen atoms in total. The summed E-state index contributed by atoms with van der Waals surface area (Å²) < 4.78 is 19.7. The van der Waals surface area contributed by atoms with E-state index in [0.29, 0.717) is 59.0 Å². The number of piperidine rings is 1. The number of carbonyl (C=O) groups excluding carboxylic acids is 1. The van der Waals surface area contributed by atoms with Gasteiger partial charge < -0.3 is 20.3 Å². The third kappa shape index (κ3) is 7.23. The summed E-state index contributed by atoms with van der Waals surface area (Å²) in [4.78, 5) is 26.3. The molecule has 0 atom stereocenters. The summed E-state index contributed by atoms with van der Waals surface area (Å²) in [5, 5.41) is 6.85. The molecule has 10 heteroatoms. The molecular formula is C29H34ClFN6O2. The molecule has 1 aromatic heterocycles. The summed E-state index contributed by atoms with van der Waals surface area (Å²) in [6.45, 7) is 3.49. The van der Waals surface area contributed by atoms with E-state index in [4.69, 9.17) is 16.3 Å². The first kappa shape index (κ1) is 27.3. The van der Waals surface area contributed by atoms with E-state index in [1.54, 1.807) is 18.2 Å². The van der Waals surface area contributed by atoms with E-state index >= 15 is 0 Å². The van der Waals surface area contributed by atoms with Gasteiger partial charge in [0.25, 0.3) is 0 Å². The van der Waals surface area contributed by atoms with E-state index in [2.05, 4.69) is 44.5 Å². The number of fused-ring (bicyclic) bond motifs is 1. The van der Waals surface area contributed by atoms with Gasteiger partial charge in [-0.15, -0.1) is 0 Å². The van der Waals surface area contributed by atoms with E-state index in [1.807, 2.05) is 12.1 Å². The molecule has 39 heavy (non-hydrogen) atoms. The van der Waals surface area contributed by atoms with Crippen molar-refractivity contribution in [2.24, 2.45) is 5.92 Å². The molecule has 2 fully saturated rings. The number of rotatable bonds is 10. The monoisotopic (exact) mass is 552 g/mol. The van der Waals surface area contributed by atoms with Gasteiger partial charge in [0.15, 0.2) is 0 Å². The van der Waals surface area contributed by atoms with Gasteiger partial charge in [0.1, 0.15) is 23.7 Å². The highest BCUT2D eigenvalue weighted by Crippen LogP contribution is 2.36. The highest BCUT2D eigenvalue weighted by molar-refractivity contribution is 6.31. The quantitative estimate of drug-likeness (QED) is 0.322. The number of hydrogen-bond acceptors (Lipinski definition) is 7. The Labute approximate surface area is 233 Å². The van der Waals surface area contributed by atoms with Crippen LogP contribution in [0.2, 0.25) is 5.02 Å². The molecule has 3 aromatic rings. The lowest BCUT2D eigenvalue weighted by Crippen LogP contribution is -2.41. The zero-order valence-corrected chi connectivity index (χ0v) is 23.0. The van der Waals surface area contributed by atoms with Crippen molar-refractivity contribution in [3.05, 3.63) is 59.7 Å². The van der Waals surface area contributed by atoms with E-state index < -0.39 is 5.82 Å². The maximum Gasteiger partial charge on any atom is 0.248 e. The minimum absolute atomic E-state index is 0.00957. The van der Waals surface area contributed by atoms with Crippen molar-refractivity contribution in [3.8, 4) is 5.75 Å². The first-order chi connectivity index (χ1) is 18.9. The van der Waals surface area contributed by atoms with E-state index in [0.717, 1.165) is 38.8 Å². The topological polar surface area (TPSA) is 82.6 Å². The standard InChI is InChI=1S/C29H34ClFN6O2/c1-36-12-9-21(10-13-36)37(2)11-3-4-28(38)35-26-15-22-25(16-27(26)39-17-19-5-6-19)32-18-33-29(22)34-20-7-8-24(31)23(30)14-20/h3-4,7-8,14-16,18-19,21H,5-6,9-13,17H2,1-2H3,(H,35,38)(H,32,33,34). The minimum atomic E-state index is -0.497. The van der Waals surface area contributed by atoms with Crippen molar-refractivity contribution in [2.75, 3.05) is 51.0 Å². The number of anilines is 3. The maximum absolute atomic E-state index is 13.6. The number of nitrogens with one attached hydrogen (secondary N) is 2. The zero-order valence-electron chi connectivity index (χ0n) is 22.3. The van der Waals surface area contributed by atoms with Crippen LogP contribution in [0.25, 0.3) is 10.9 Å². The molecule has 0 bridgehead atoms. The van der Waals surface area contributed by atoms with Crippen LogP contribution in [0.5, 0.6) is 5.75 Å². The fourth-order valence-electron chi connectivity index (χ4n) is 4.69. The summed E-state index contributed by atoms with van der Waals surface area (Å²) in [6, 6.07) is 8.52. The predicted octanol–water partition coefficient (Wildman–Crippen LogP) is 5.48. The number of likely N-dealkylation sites (N-methyl/N-ethyl adjacent to an activating group) is 1. The molecule has 0 unspecified atom stereocenters. The van der Waals surface area contributed by atoms with Gasteiger partial charge in [-0.3, -0.25) is 9.69 Å². The number of likely N-dealkylation sites (tertiary alicyclic amines) is 1. The molecule has 1 amide bonds. The lowest BCUT2D eigenvalue weighted by molar-refractivity contribution is -0.111. The fraction of sp³-hybridized carbons (Fsp3) is 0.414. The summed E-state index contributed by atoms with van der Waals surface area (Å²) >= 11 is 5.95. The van der Waals surface area contributed by atoms with Gasteiger partial charge in [-0.05, 0) is 83.1 Å². The highest BCUT2D eigenvalue weighted by Gasteiger charge is 2.23. The molecule has 1 saturated carbocycles. The van der Waals surface area contributed by atoms with E-state index in [-0.39, 0.29) is 10.9 Å². The Balaban J connectivity index is 1.33. The molecule has 2 heterocycles. The fourth-order valence-corrected chi connectivity index (χ4v) is 4.87. The molecule has 206 valence electrons. The second-order valence-corrected chi connectivity index (χ2v) is 10.9. The van der Waals surface area contributed by atoms with Crippen molar-refractivity contribution in [1.29, 1.82) is 0 Å². The smallest absolute Gasteiger partial charge is 0.248 e.